The van der Waals surface area contributed by atoms with Crippen LogP contribution >= 0.6 is 0 Å². The van der Waals surface area contributed by atoms with Crippen molar-refractivity contribution in [2.75, 3.05) is 7.11 Å². The molecule has 26 heavy (non-hydrogen) atoms. The molecule has 4 heteroatoms. The van der Waals surface area contributed by atoms with E-state index in [-0.39, 0.29) is 5.91 Å². The zero-order chi connectivity index (χ0) is 18.9. The number of unbranched alkanes of at least 4 members (excludes halogenated alkanes) is 5. The van der Waals surface area contributed by atoms with E-state index < -0.39 is 0 Å². The van der Waals surface area contributed by atoms with Crippen LogP contribution in [0.2, 0.25) is 0 Å². The van der Waals surface area contributed by atoms with E-state index in [1.807, 2.05) is 38.1 Å². The van der Waals surface area contributed by atoms with Crippen molar-refractivity contribution in [2.45, 2.75) is 72.1 Å². The first-order valence-corrected chi connectivity index (χ1v) is 9.78. The first-order valence-electron chi connectivity index (χ1n) is 9.78. The quantitative estimate of drug-likeness (QED) is 0.543. The number of aryl methyl sites for hydroxylation is 1. The van der Waals surface area contributed by atoms with Gasteiger partial charge < -0.3 is 4.74 Å². The highest BCUT2D eigenvalue weighted by Gasteiger charge is 2.16. The number of ether oxygens (including phenoxy) is 1. The summed E-state index contributed by atoms with van der Waals surface area (Å²) in [6.07, 6.45) is 9.03. The van der Waals surface area contributed by atoms with Crippen LogP contribution in [0.4, 0.5) is 0 Å². The summed E-state index contributed by atoms with van der Waals surface area (Å²) in [6, 6.07) is 7.63. The van der Waals surface area contributed by atoms with Crippen molar-refractivity contribution in [3.8, 4) is 5.75 Å². The first kappa shape index (κ1) is 20.2. The minimum absolute atomic E-state index is 0.0185. The van der Waals surface area contributed by atoms with Crippen molar-refractivity contribution < 1.29 is 9.53 Å². The van der Waals surface area contributed by atoms with E-state index in [1.54, 1.807) is 11.8 Å². The molecule has 1 aromatic carbocycles. The SMILES string of the molecule is CCCCCCCCc1c(C)nn(C(=O)Cc2ccc(OC)cc2)c1C. The Hall–Kier alpha value is -2.10. The smallest absolute Gasteiger partial charge is 0.251 e. The van der Waals surface area contributed by atoms with Gasteiger partial charge in [-0.05, 0) is 49.9 Å². The second-order valence-corrected chi connectivity index (χ2v) is 7.00. The molecule has 4 nitrogen and oxygen atoms in total. The summed E-state index contributed by atoms with van der Waals surface area (Å²) in [4.78, 5) is 12.7. The maximum absolute atomic E-state index is 12.7. The molecule has 0 amide bonds. The summed E-state index contributed by atoms with van der Waals surface area (Å²) >= 11 is 0. The number of aromatic nitrogens is 2. The Morgan fingerprint density at radius 3 is 2.35 bits per heavy atom. The zero-order valence-corrected chi connectivity index (χ0v) is 16.7. The highest BCUT2D eigenvalue weighted by Crippen LogP contribution is 2.18. The molecule has 0 unspecified atom stereocenters. The largest absolute Gasteiger partial charge is 0.497 e. The van der Waals surface area contributed by atoms with Gasteiger partial charge in [0, 0.05) is 5.69 Å². The number of hydrogen-bond acceptors (Lipinski definition) is 3. The number of hydrogen-bond donors (Lipinski definition) is 0. The van der Waals surface area contributed by atoms with Gasteiger partial charge in [0.1, 0.15) is 5.75 Å². The number of carbonyl (C=O) groups is 1. The minimum atomic E-state index is 0.0185. The van der Waals surface area contributed by atoms with Crippen LogP contribution in [-0.4, -0.2) is 22.8 Å². The van der Waals surface area contributed by atoms with E-state index in [1.165, 1.54) is 44.1 Å². The molecule has 2 aromatic rings. The molecule has 0 aliphatic rings. The van der Waals surface area contributed by atoms with Crippen LogP contribution in [0.5, 0.6) is 5.75 Å². The number of nitrogens with zero attached hydrogens (tertiary/aromatic N) is 2. The van der Waals surface area contributed by atoms with Crippen molar-refractivity contribution >= 4 is 5.91 Å². The molecule has 1 heterocycles. The molecule has 0 fully saturated rings. The van der Waals surface area contributed by atoms with Crippen LogP contribution in [0.3, 0.4) is 0 Å². The van der Waals surface area contributed by atoms with Crippen LogP contribution < -0.4 is 4.74 Å². The van der Waals surface area contributed by atoms with Gasteiger partial charge in [-0.25, -0.2) is 4.68 Å². The molecule has 142 valence electrons. The topological polar surface area (TPSA) is 44.1 Å². The van der Waals surface area contributed by atoms with Crippen LogP contribution in [0.15, 0.2) is 24.3 Å². The number of rotatable bonds is 10. The Balaban J connectivity index is 1.95. The Labute approximate surface area is 157 Å². The molecule has 0 atom stereocenters. The predicted octanol–water partition coefficient (Wildman–Crippen LogP) is 5.29. The molecule has 1 aromatic heterocycles. The van der Waals surface area contributed by atoms with Gasteiger partial charge in [-0.1, -0.05) is 51.2 Å². The van der Waals surface area contributed by atoms with E-state index in [9.17, 15) is 4.79 Å². The predicted molar refractivity (Wildman–Crippen MR) is 106 cm³/mol. The monoisotopic (exact) mass is 356 g/mol. The molecule has 0 radical (unpaired) electrons. The lowest BCUT2D eigenvalue weighted by Gasteiger charge is -2.06. The summed E-state index contributed by atoms with van der Waals surface area (Å²) in [7, 11) is 1.64. The molecule has 0 N–H and O–H groups in total. The lowest BCUT2D eigenvalue weighted by Crippen LogP contribution is -2.16. The second-order valence-electron chi connectivity index (χ2n) is 7.00. The van der Waals surface area contributed by atoms with Gasteiger partial charge in [0.15, 0.2) is 0 Å². The molecular weight excluding hydrogens is 324 g/mol. The molecule has 2 rings (SSSR count). The lowest BCUT2D eigenvalue weighted by atomic mass is 10.0. The Morgan fingerprint density at radius 1 is 1.04 bits per heavy atom. The molecular formula is C22H32N2O2. The number of carbonyl (C=O) groups excluding carboxylic acids is 1. The van der Waals surface area contributed by atoms with Crippen LogP contribution in [0.25, 0.3) is 0 Å². The third-order valence-corrected chi connectivity index (χ3v) is 4.97. The van der Waals surface area contributed by atoms with Gasteiger partial charge in [0.25, 0.3) is 5.91 Å². The van der Waals surface area contributed by atoms with Crippen LogP contribution in [0, 0.1) is 13.8 Å². The Bertz CT molecular complexity index is 702. The fourth-order valence-corrected chi connectivity index (χ4v) is 3.35. The fourth-order valence-electron chi connectivity index (χ4n) is 3.35. The second kappa shape index (κ2) is 10.1. The highest BCUT2D eigenvalue weighted by atomic mass is 16.5. The van der Waals surface area contributed by atoms with E-state index in [0.717, 1.165) is 29.1 Å². The normalized spacial score (nSPS) is 10.9. The van der Waals surface area contributed by atoms with E-state index in [2.05, 4.69) is 12.0 Å². The highest BCUT2D eigenvalue weighted by molar-refractivity contribution is 5.81. The maximum Gasteiger partial charge on any atom is 0.251 e. The molecule has 0 spiro atoms. The van der Waals surface area contributed by atoms with Gasteiger partial charge in [-0.15, -0.1) is 0 Å². The van der Waals surface area contributed by atoms with Crippen LogP contribution in [0.1, 0.15) is 72.8 Å². The Morgan fingerprint density at radius 2 is 1.69 bits per heavy atom. The van der Waals surface area contributed by atoms with Gasteiger partial charge in [0.2, 0.25) is 0 Å². The van der Waals surface area contributed by atoms with E-state index >= 15 is 0 Å². The summed E-state index contributed by atoms with van der Waals surface area (Å²) in [5, 5.41) is 4.51. The molecule has 0 aliphatic carbocycles. The lowest BCUT2D eigenvalue weighted by molar-refractivity contribution is 0.0895. The third kappa shape index (κ3) is 5.45. The van der Waals surface area contributed by atoms with Crippen molar-refractivity contribution in [3.05, 3.63) is 46.8 Å². The van der Waals surface area contributed by atoms with Crippen LogP contribution in [-0.2, 0) is 12.8 Å². The fraction of sp³-hybridized carbons (Fsp3) is 0.545. The Kier molecular flexibility index (Phi) is 7.89. The third-order valence-electron chi connectivity index (χ3n) is 4.97. The molecule has 0 aliphatic heterocycles. The van der Waals surface area contributed by atoms with Crippen molar-refractivity contribution in [3.63, 3.8) is 0 Å². The van der Waals surface area contributed by atoms with Gasteiger partial charge in [0.05, 0.1) is 19.2 Å². The molecule has 0 saturated carbocycles. The van der Waals surface area contributed by atoms with Gasteiger partial charge in [-0.2, -0.15) is 5.10 Å². The maximum atomic E-state index is 12.7. The summed E-state index contributed by atoms with van der Waals surface area (Å²) in [5.41, 5.74) is 4.19. The number of benzene rings is 1. The molecule has 0 saturated heterocycles. The standard InChI is InChI=1S/C22H32N2O2/c1-5-6-7-8-9-10-11-21-17(2)23-24(18(21)3)22(25)16-19-12-14-20(26-4)15-13-19/h12-15H,5-11,16H2,1-4H3. The van der Waals surface area contributed by atoms with Crippen molar-refractivity contribution in [2.24, 2.45) is 0 Å². The van der Waals surface area contributed by atoms with Gasteiger partial charge in [-0.3, -0.25) is 4.79 Å². The summed E-state index contributed by atoms with van der Waals surface area (Å²) < 4.78 is 6.75. The summed E-state index contributed by atoms with van der Waals surface area (Å²) in [6.45, 7) is 6.26. The summed E-state index contributed by atoms with van der Waals surface area (Å²) in [5.74, 6) is 0.818. The minimum Gasteiger partial charge on any atom is -0.497 e. The zero-order valence-electron chi connectivity index (χ0n) is 16.7. The number of methoxy groups -OCH3 is 1. The van der Waals surface area contributed by atoms with Gasteiger partial charge >= 0.3 is 0 Å². The average Bonchev–Trinajstić information content (AvgIpc) is 2.93. The first-order chi connectivity index (χ1) is 12.6. The average molecular weight is 357 g/mol. The van der Waals surface area contributed by atoms with E-state index in [0.29, 0.717) is 6.42 Å². The van der Waals surface area contributed by atoms with Crippen molar-refractivity contribution in [1.29, 1.82) is 0 Å². The van der Waals surface area contributed by atoms with Crippen molar-refractivity contribution in [1.82, 2.24) is 9.78 Å². The molecule has 0 bridgehead atoms. The van der Waals surface area contributed by atoms with E-state index in [4.69, 9.17) is 4.74 Å².